The Kier molecular flexibility index (Phi) is 5.31. The first-order valence-corrected chi connectivity index (χ1v) is 9.64. The Morgan fingerprint density at radius 3 is 2.85 bits per heavy atom. The second-order valence-electron chi connectivity index (χ2n) is 7.55. The first kappa shape index (κ1) is 18.3. The third kappa shape index (κ3) is 3.94. The minimum atomic E-state index is 0.00577. The smallest absolute Gasteiger partial charge is 0.257 e. The van der Waals surface area contributed by atoms with Gasteiger partial charge in [-0.25, -0.2) is 4.98 Å². The van der Waals surface area contributed by atoms with Crippen LogP contribution in [0.1, 0.15) is 46.5 Å². The van der Waals surface area contributed by atoms with Gasteiger partial charge in [0.15, 0.2) is 0 Å². The van der Waals surface area contributed by atoms with Gasteiger partial charge >= 0.3 is 0 Å². The third-order valence-electron chi connectivity index (χ3n) is 5.49. The van der Waals surface area contributed by atoms with Crippen LogP contribution in [0.25, 0.3) is 0 Å². The molecule has 2 aliphatic rings. The molecule has 4 rings (SSSR count). The fourth-order valence-electron chi connectivity index (χ4n) is 3.97. The molecule has 7 nitrogen and oxygen atoms in total. The molecular weight excluding hydrogens is 346 g/mol. The van der Waals surface area contributed by atoms with Crippen molar-refractivity contribution in [2.24, 2.45) is 5.92 Å². The van der Waals surface area contributed by atoms with Gasteiger partial charge in [-0.2, -0.15) is 0 Å². The molecule has 1 atom stereocenters. The molecule has 0 bridgehead atoms. The summed E-state index contributed by atoms with van der Waals surface area (Å²) in [5, 5.41) is 0. The van der Waals surface area contributed by atoms with Crippen LogP contribution < -0.4 is 0 Å². The van der Waals surface area contributed by atoms with Crippen LogP contribution in [0.5, 0.6) is 0 Å². The average molecular weight is 373 g/mol. The zero-order valence-corrected chi connectivity index (χ0v) is 16.0. The van der Waals surface area contributed by atoms with Crippen molar-refractivity contribution < 1.29 is 18.7 Å². The SMILES string of the molecule is Cc1cc(C(=O)N2Cc3cncn3C(COCC3CCOCC3)C2)c(C)o1. The van der Waals surface area contributed by atoms with Crippen molar-refractivity contribution in [3.05, 3.63) is 41.4 Å². The van der Waals surface area contributed by atoms with Gasteiger partial charge in [-0.3, -0.25) is 4.79 Å². The number of imidazole rings is 1. The minimum absolute atomic E-state index is 0.00577. The van der Waals surface area contributed by atoms with Crippen LogP contribution in [0.2, 0.25) is 0 Å². The first-order valence-electron chi connectivity index (χ1n) is 9.64. The van der Waals surface area contributed by atoms with Gasteiger partial charge in [0.1, 0.15) is 11.5 Å². The van der Waals surface area contributed by atoms with Crippen LogP contribution in [-0.4, -0.2) is 53.3 Å². The molecule has 0 N–H and O–H groups in total. The number of ether oxygens (including phenoxy) is 2. The Balaban J connectivity index is 1.42. The zero-order chi connectivity index (χ0) is 18.8. The van der Waals surface area contributed by atoms with Crippen LogP contribution in [0.3, 0.4) is 0 Å². The number of furan rings is 1. The number of hydrogen-bond acceptors (Lipinski definition) is 5. The van der Waals surface area contributed by atoms with Crippen molar-refractivity contribution in [1.29, 1.82) is 0 Å². The molecule has 1 fully saturated rings. The highest BCUT2D eigenvalue weighted by atomic mass is 16.5. The number of hydrogen-bond donors (Lipinski definition) is 0. The van der Waals surface area contributed by atoms with Crippen molar-refractivity contribution in [2.45, 2.75) is 39.3 Å². The fourth-order valence-corrected chi connectivity index (χ4v) is 3.97. The highest BCUT2D eigenvalue weighted by Gasteiger charge is 2.30. The summed E-state index contributed by atoms with van der Waals surface area (Å²) in [4.78, 5) is 19.2. The highest BCUT2D eigenvalue weighted by molar-refractivity contribution is 5.95. The largest absolute Gasteiger partial charge is 0.466 e. The standard InChI is InChI=1S/C20H27N3O4/c1-14-7-19(15(2)27-14)20(24)22-9-17-8-21-13-23(17)18(10-22)12-26-11-16-3-5-25-6-4-16/h7-8,13,16,18H,3-6,9-12H2,1-2H3. The summed E-state index contributed by atoms with van der Waals surface area (Å²) in [5.41, 5.74) is 1.68. The molecule has 1 amide bonds. The van der Waals surface area contributed by atoms with Crippen LogP contribution in [0, 0.1) is 19.8 Å². The number of carbonyl (C=O) groups is 1. The van der Waals surface area contributed by atoms with Crippen LogP contribution in [0.4, 0.5) is 0 Å². The van der Waals surface area contributed by atoms with Crippen LogP contribution in [-0.2, 0) is 16.0 Å². The Hall–Kier alpha value is -2.12. The second-order valence-corrected chi connectivity index (χ2v) is 7.55. The highest BCUT2D eigenvalue weighted by Crippen LogP contribution is 2.25. The molecule has 7 heteroatoms. The lowest BCUT2D eigenvalue weighted by atomic mass is 10.0. The Morgan fingerprint density at radius 1 is 1.30 bits per heavy atom. The van der Waals surface area contributed by atoms with E-state index in [9.17, 15) is 4.79 Å². The quantitative estimate of drug-likeness (QED) is 0.806. The van der Waals surface area contributed by atoms with E-state index < -0.39 is 0 Å². The molecule has 0 aromatic carbocycles. The summed E-state index contributed by atoms with van der Waals surface area (Å²) in [6.45, 7) is 7.85. The van der Waals surface area contributed by atoms with E-state index in [2.05, 4.69) is 9.55 Å². The maximum atomic E-state index is 13.0. The fraction of sp³-hybridized carbons (Fsp3) is 0.600. The molecule has 2 aromatic heterocycles. The van der Waals surface area contributed by atoms with Crippen molar-refractivity contribution in [1.82, 2.24) is 14.5 Å². The predicted molar refractivity (Wildman–Crippen MR) is 98.5 cm³/mol. The first-order chi connectivity index (χ1) is 13.1. The third-order valence-corrected chi connectivity index (χ3v) is 5.49. The average Bonchev–Trinajstić information content (AvgIpc) is 3.27. The van der Waals surface area contributed by atoms with Crippen LogP contribution >= 0.6 is 0 Å². The van der Waals surface area contributed by atoms with E-state index in [-0.39, 0.29) is 11.9 Å². The maximum Gasteiger partial charge on any atom is 0.257 e. The number of fused-ring (bicyclic) bond motifs is 1. The molecule has 0 saturated carbocycles. The van der Waals surface area contributed by atoms with Crippen molar-refractivity contribution >= 4 is 5.91 Å². The summed E-state index contributed by atoms with van der Waals surface area (Å²) in [7, 11) is 0. The van der Waals surface area contributed by atoms with E-state index in [1.165, 1.54) is 0 Å². The van der Waals surface area contributed by atoms with E-state index in [0.717, 1.165) is 44.1 Å². The van der Waals surface area contributed by atoms with Gasteiger partial charge in [0.2, 0.25) is 0 Å². The molecule has 2 aliphatic heterocycles. The predicted octanol–water partition coefficient (Wildman–Crippen LogP) is 2.73. The summed E-state index contributed by atoms with van der Waals surface area (Å²) in [5.74, 6) is 2.00. The molecule has 1 saturated heterocycles. The zero-order valence-electron chi connectivity index (χ0n) is 16.0. The maximum absolute atomic E-state index is 13.0. The second kappa shape index (κ2) is 7.86. The summed E-state index contributed by atoms with van der Waals surface area (Å²) in [6.07, 6.45) is 5.79. The number of amides is 1. The molecule has 27 heavy (non-hydrogen) atoms. The van der Waals surface area contributed by atoms with Gasteiger partial charge in [-0.05, 0) is 38.7 Å². The van der Waals surface area contributed by atoms with Gasteiger partial charge in [-0.1, -0.05) is 0 Å². The van der Waals surface area contributed by atoms with Gasteiger partial charge in [0, 0.05) is 32.6 Å². The Labute approximate surface area is 159 Å². The lowest BCUT2D eigenvalue weighted by Gasteiger charge is -2.34. The van der Waals surface area contributed by atoms with Gasteiger partial charge in [0.25, 0.3) is 5.91 Å². The number of aromatic nitrogens is 2. The Bertz CT molecular complexity index is 791. The molecule has 4 heterocycles. The topological polar surface area (TPSA) is 69.7 Å². The summed E-state index contributed by atoms with van der Waals surface area (Å²) >= 11 is 0. The van der Waals surface area contributed by atoms with Gasteiger partial charge in [-0.15, -0.1) is 0 Å². The molecule has 146 valence electrons. The summed E-state index contributed by atoms with van der Waals surface area (Å²) < 4.78 is 19.1. The molecule has 0 spiro atoms. The molecular formula is C20H27N3O4. The lowest BCUT2D eigenvalue weighted by Crippen LogP contribution is -2.42. The number of aryl methyl sites for hydroxylation is 2. The molecule has 0 aliphatic carbocycles. The summed E-state index contributed by atoms with van der Waals surface area (Å²) in [6, 6.07) is 1.90. The number of carbonyl (C=O) groups excluding carboxylic acids is 1. The van der Waals surface area contributed by atoms with E-state index >= 15 is 0 Å². The minimum Gasteiger partial charge on any atom is -0.466 e. The van der Waals surface area contributed by atoms with Crippen molar-refractivity contribution in [3.63, 3.8) is 0 Å². The monoisotopic (exact) mass is 373 g/mol. The molecule has 1 unspecified atom stereocenters. The van der Waals surface area contributed by atoms with E-state index in [1.807, 2.05) is 37.3 Å². The molecule has 2 aromatic rings. The number of nitrogens with zero attached hydrogens (tertiary/aromatic N) is 3. The normalized spacial score (nSPS) is 20.7. The van der Waals surface area contributed by atoms with Crippen molar-refractivity contribution in [3.8, 4) is 0 Å². The van der Waals surface area contributed by atoms with E-state index in [4.69, 9.17) is 13.9 Å². The number of rotatable bonds is 5. The van der Waals surface area contributed by atoms with Gasteiger partial charge < -0.3 is 23.4 Å². The van der Waals surface area contributed by atoms with E-state index in [0.29, 0.717) is 36.9 Å². The van der Waals surface area contributed by atoms with E-state index in [1.54, 1.807) is 0 Å². The lowest BCUT2D eigenvalue weighted by molar-refractivity contribution is 0.00599. The molecule has 0 radical (unpaired) electrons. The van der Waals surface area contributed by atoms with Crippen molar-refractivity contribution in [2.75, 3.05) is 33.0 Å². The Morgan fingerprint density at radius 2 is 2.11 bits per heavy atom. The van der Waals surface area contributed by atoms with Crippen LogP contribution in [0.15, 0.2) is 23.0 Å². The van der Waals surface area contributed by atoms with Gasteiger partial charge in [0.05, 0.1) is 36.8 Å².